The summed E-state index contributed by atoms with van der Waals surface area (Å²) in [5, 5.41) is 2.55. The van der Waals surface area contributed by atoms with Crippen molar-refractivity contribution in [3.63, 3.8) is 0 Å². The van der Waals surface area contributed by atoms with Crippen LogP contribution in [-0.2, 0) is 7.05 Å². The molecule has 0 bridgehead atoms. The molecule has 0 radical (unpaired) electrons. The first-order valence-electron chi connectivity index (χ1n) is 9.41. The van der Waals surface area contributed by atoms with Gasteiger partial charge in [0, 0.05) is 22.4 Å². The largest absolute Gasteiger partial charge is 0.286 e. The van der Waals surface area contributed by atoms with E-state index in [0.29, 0.717) is 12.1 Å². The van der Waals surface area contributed by atoms with Crippen LogP contribution in [0.3, 0.4) is 0 Å². The van der Waals surface area contributed by atoms with E-state index >= 15 is 0 Å². The standard InChI is InChI=1S/C23H25N2/c1-15(2)22-16(3)14-19-18-10-6-7-11-20(18)25(23(19)17(22)4)21-12-8-9-13-24(21)5/h6-15H,1-5H3/q+1/i13D. The molecule has 2 aromatic heterocycles. The lowest BCUT2D eigenvalue weighted by atomic mass is 9.91. The van der Waals surface area contributed by atoms with Gasteiger partial charge in [-0.05, 0) is 55.2 Å². The Bertz CT molecular complexity index is 1150. The van der Waals surface area contributed by atoms with Crippen molar-refractivity contribution in [3.05, 3.63) is 71.4 Å². The van der Waals surface area contributed by atoms with Gasteiger partial charge in [0.2, 0.25) is 0 Å². The summed E-state index contributed by atoms with van der Waals surface area (Å²) < 4.78 is 12.5. The van der Waals surface area contributed by atoms with Gasteiger partial charge in [0.1, 0.15) is 12.4 Å². The summed E-state index contributed by atoms with van der Waals surface area (Å²) >= 11 is 0. The summed E-state index contributed by atoms with van der Waals surface area (Å²) in [7, 11) is 1.96. The number of rotatable bonds is 2. The lowest BCUT2D eigenvalue weighted by Gasteiger charge is -2.14. The normalized spacial score (nSPS) is 12.3. The maximum Gasteiger partial charge on any atom is 0.286 e. The number of pyridine rings is 1. The lowest BCUT2D eigenvalue weighted by molar-refractivity contribution is -0.665. The summed E-state index contributed by atoms with van der Waals surface area (Å²) in [5.41, 5.74) is 6.55. The SMILES string of the molecule is [2H]c1cccc(-n2c3ccccc3c3cc(C)c(C(C)C)c(C)c32)[n+]1C. The molecule has 0 aliphatic carbocycles. The van der Waals surface area contributed by atoms with E-state index in [4.69, 9.17) is 1.37 Å². The van der Waals surface area contributed by atoms with Crippen molar-refractivity contribution in [3.8, 4) is 5.82 Å². The van der Waals surface area contributed by atoms with Crippen molar-refractivity contribution in [2.45, 2.75) is 33.6 Å². The van der Waals surface area contributed by atoms with E-state index in [1.807, 2.05) is 23.7 Å². The van der Waals surface area contributed by atoms with Crippen LogP contribution in [0.2, 0.25) is 0 Å². The van der Waals surface area contributed by atoms with Crippen molar-refractivity contribution >= 4 is 21.8 Å². The first-order valence-corrected chi connectivity index (χ1v) is 8.91. The highest BCUT2D eigenvalue weighted by atomic mass is 15.1. The summed E-state index contributed by atoms with van der Waals surface area (Å²) in [6.45, 7) is 8.99. The minimum Gasteiger partial charge on any atom is -0.237 e. The van der Waals surface area contributed by atoms with Crippen LogP contribution < -0.4 is 4.57 Å². The van der Waals surface area contributed by atoms with Crippen molar-refractivity contribution < 1.29 is 5.94 Å². The summed E-state index contributed by atoms with van der Waals surface area (Å²) in [5.74, 6) is 1.49. The lowest BCUT2D eigenvalue weighted by Crippen LogP contribution is -2.33. The molecule has 0 aliphatic heterocycles. The van der Waals surface area contributed by atoms with Crippen LogP contribution in [0.5, 0.6) is 0 Å². The molecular formula is C23H25N2+. The topological polar surface area (TPSA) is 8.81 Å². The van der Waals surface area contributed by atoms with Crippen LogP contribution in [0, 0.1) is 13.8 Å². The summed E-state index contributed by atoms with van der Waals surface area (Å²) in [6, 6.07) is 16.8. The highest BCUT2D eigenvalue weighted by molar-refractivity contribution is 6.10. The van der Waals surface area contributed by atoms with Gasteiger partial charge in [0.15, 0.2) is 0 Å². The van der Waals surface area contributed by atoms with E-state index in [2.05, 4.69) is 68.7 Å². The molecule has 2 aromatic carbocycles. The second kappa shape index (κ2) is 5.73. The second-order valence-corrected chi connectivity index (χ2v) is 7.21. The summed E-state index contributed by atoms with van der Waals surface area (Å²) in [6.07, 6.45) is 0.502. The van der Waals surface area contributed by atoms with Crippen LogP contribution in [0.1, 0.15) is 37.8 Å². The smallest absolute Gasteiger partial charge is 0.237 e. The highest BCUT2D eigenvalue weighted by Crippen LogP contribution is 2.37. The van der Waals surface area contributed by atoms with Crippen molar-refractivity contribution in [1.82, 2.24) is 4.57 Å². The zero-order valence-electron chi connectivity index (χ0n) is 16.6. The van der Waals surface area contributed by atoms with E-state index in [1.54, 1.807) is 0 Å². The van der Waals surface area contributed by atoms with Crippen LogP contribution in [0.15, 0.2) is 54.7 Å². The molecule has 0 amide bonds. The number of nitrogens with zero attached hydrogens (tertiary/aromatic N) is 2. The van der Waals surface area contributed by atoms with Gasteiger partial charge in [0.25, 0.3) is 5.82 Å². The second-order valence-electron chi connectivity index (χ2n) is 7.21. The molecule has 0 spiro atoms. The Balaban J connectivity index is 2.27. The van der Waals surface area contributed by atoms with Crippen LogP contribution >= 0.6 is 0 Å². The van der Waals surface area contributed by atoms with Gasteiger partial charge in [-0.2, -0.15) is 4.57 Å². The molecule has 2 nitrogen and oxygen atoms in total. The number of benzene rings is 2. The van der Waals surface area contributed by atoms with E-state index in [-0.39, 0.29) is 0 Å². The fourth-order valence-corrected chi connectivity index (χ4v) is 4.32. The Morgan fingerprint density at radius 3 is 2.48 bits per heavy atom. The summed E-state index contributed by atoms with van der Waals surface area (Å²) in [4.78, 5) is 0. The number of hydrogen-bond acceptors (Lipinski definition) is 0. The van der Waals surface area contributed by atoms with Crippen molar-refractivity contribution in [1.29, 1.82) is 0 Å². The van der Waals surface area contributed by atoms with E-state index in [0.717, 1.165) is 5.82 Å². The first kappa shape index (κ1) is 14.7. The number of aryl methyl sites for hydroxylation is 2. The molecule has 0 atom stereocenters. The van der Waals surface area contributed by atoms with E-state index in [1.165, 1.54) is 38.5 Å². The molecule has 0 saturated heterocycles. The van der Waals surface area contributed by atoms with Crippen LogP contribution in [0.25, 0.3) is 27.6 Å². The van der Waals surface area contributed by atoms with Gasteiger partial charge in [-0.25, -0.2) is 4.57 Å². The van der Waals surface area contributed by atoms with Gasteiger partial charge < -0.3 is 0 Å². The van der Waals surface area contributed by atoms with Gasteiger partial charge in [-0.1, -0.05) is 32.0 Å². The predicted molar refractivity (Wildman–Crippen MR) is 106 cm³/mol. The third-order valence-corrected chi connectivity index (χ3v) is 5.22. The molecule has 4 rings (SSSR count). The van der Waals surface area contributed by atoms with Crippen LogP contribution in [0.4, 0.5) is 0 Å². The maximum absolute atomic E-state index is 8.23. The fourth-order valence-electron chi connectivity index (χ4n) is 4.32. The first-order chi connectivity index (χ1) is 12.4. The molecule has 0 N–H and O–H groups in total. The number of para-hydroxylation sites is 1. The Morgan fingerprint density at radius 1 is 1.00 bits per heavy atom. The van der Waals surface area contributed by atoms with Gasteiger partial charge >= 0.3 is 0 Å². The molecule has 2 heterocycles. The van der Waals surface area contributed by atoms with E-state index < -0.39 is 0 Å². The molecule has 0 unspecified atom stereocenters. The Hall–Kier alpha value is -2.61. The highest BCUT2D eigenvalue weighted by Gasteiger charge is 2.24. The average molecular weight is 330 g/mol. The van der Waals surface area contributed by atoms with Crippen molar-refractivity contribution in [2.75, 3.05) is 0 Å². The molecule has 0 aliphatic rings. The fraction of sp³-hybridized carbons (Fsp3) is 0.261. The molecule has 25 heavy (non-hydrogen) atoms. The Morgan fingerprint density at radius 2 is 1.72 bits per heavy atom. The van der Waals surface area contributed by atoms with Crippen LogP contribution in [-0.4, -0.2) is 4.57 Å². The molecule has 0 fully saturated rings. The molecule has 126 valence electrons. The van der Waals surface area contributed by atoms with Gasteiger partial charge in [-0.15, -0.1) is 0 Å². The zero-order valence-corrected chi connectivity index (χ0v) is 15.6. The third-order valence-electron chi connectivity index (χ3n) is 5.22. The Labute approximate surface area is 150 Å². The Kier molecular flexibility index (Phi) is 3.37. The monoisotopic (exact) mass is 330 g/mol. The van der Waals surface area contributed by atoms with Crippen molar-refractivity contribution in [2.24, 2.45) is 7.05 Å². The number of hydrogen-bond donors (Lipinski definition) is 0. The zero-order chi connectivity index (χ0) is 18.6. The van der Waals surface area contributed by atoms with Gasteiger partial charge in [0.05, 0.1) is 13.2 Å². The quantitative estimate of drug-likeness (QED) is 0.438. The van der Waals surface area contributed by atoms with Gasteiger partial charge in [-0.3, -0.25) is 0 Å². The van der Waals surface area contributed by atoms with E-state index in [9.17, 15) is 0 Å². The average Bonchev–Trinajstić information content (AvgIpc) is 2.92. The molecule has 2 heteroatoms. The maximum atomic E-state index is 8.23. The molecular weight excluding hydrogens is 304 g/mol. The minimum absolute atomic E-state index is 0.474. The predicted octanol–water partition coefficient (Wildman–Crippen LogP) is 5.35. The minimum atomic E-state index is 0.474. The molecule has 0 saturated carbocycles. The molecule has 4 aromatic rings. The third kappa shape index (κ3) is 2.28. The number of aromatic nitrogens is 2. The number of fused-ring (bicyclic) bond motifs is 3.